The molecule has 1 aromatic rings. The van der Waals surface area contributed by atoms with Gasteiger partial charge in [0.2, 0.25) is 0 Å². The molecule has 0 aliphatic carbocycles. The van der Waals surface area contributed by atoms with Crippen molar-refractivity contribution in [3.05, 3.63) is 39.8 Å². The van der Waals surface area contributed by atoms with E-state index < -0.39 is 0 Å². The van der Waals surface area contributed by atoms with Crippen LogP contribution in [0.25, 0.3) is 6.08 Å². The Morgan fingerprint density at radius 2 is 2.42 bits per heavy atom. The topological polar surface area (TPSA) is 56.6 Å². The third kappa shape index (κ3) is 1.83. The fourth-order valence-corrected chi connectivity index (χ4v) is 0.866. The van der Waals surface area contributed by atoms with E-state index in [2.05, 4.69) is 4.98 Å². The predicted molar refractivity (Wildman–Crippen MR) is 46.4 cm³/mol. The fraction of sp³-hybridized carbons (Fsp3) is 0.111. The zero-order chi connectivity index (χ0) is 8.97. The van der Waals surface area contributed by atoms with Crippen LogP contribution in [-0.4, -0.2) is 4.98 Å². The number of aromatic amines is 1. The number of pyridine rings is 1. The SMILES string of the molecule is Cc1c[nH]c(=O)c(C=CC#N)c1. The third-order valence-corrected chi connectivity index (χ3v) is 1.41. The Morgan fingerprint density at radius 1 is 1.67 bits per heavy atom. The zero-order valence-corrected chi connectivity index (χ0v) is 6.66. The molecular formula is C9H8N2O. The second kappa shape index (κ2) is 3.54. The van der Waals surface area contributed by atoms with Crippen LogP contribution in [0.3, 0.4) is 0 Å². The van der Waals surface area contributed by atoms with Crippen molar-refractivity contribution in [2.75, 3.05) is 0 Å². The third-order valence-electron chi connectivity index (χ3n) is 1.41. The number of rotatable bonds is 1. The van der Waals surface area contributed by atoms with Crippen LogP contribution >= 0.6 is 0 Å². The summed E-state index contributed by atoms with van der Waals surface area (Å²) in [4.78, 5) is 13.6. The lowest BCUT2D eigenvalue weighted by Gasteiger charge is -1.92. The molecule has 0 atom stereocenters. The number of hydrogen-bond acceptors (Lipinski definition) is 2. The van der Waals surface area contributed by atoms with E-state index in [-0.39, 0.29) is 5.56 Å². The molecule has 60 valence electrons. The van der Waals surface area contributed by atoms with Gasteiger partial charge in [-0.05, 0) is 24.6 Å². The summed E-state index contributed by atoms with van der Waals surface area (Å²) in [6, 6.07) is 3.56. The molecule has 0 fully saturated rings. The van der Waals surface area contributed by atoms with Crippen molar-refractivity contribution in [2.45, 2.75) is 6.92 Å². The number of hydrogen-bond donors (Lipinski definition) is 1. The molecule has 1 N–H and O–H groups in total. The van der Waals surface area contributed by atoms with E-state index in [4.69, 9.17) is 5.26 Å². The van der Waals surface area contributed by atoms with Crippen molar-refractivity contribution in [1.82, 2.24) is 4.98 Å². The van der Waals surface area contributed by atoms with E-state index in [9.17, 15) is 4.79 Å². The molecule has 3 heteroatoms. The maximum Gasteiger partial charge on any atom is 0.255 e. The highest BCUT2D eigenvalue weighted by Crippen LogP contribution is 1.97. The first kappa shape index (κ1) is 8.28. The number of aromatic nitrogens is 1. The summed E-state index contributed by atoms with van der Waals surface area (Å²) < 4.78 is 0. The minimum atomic E-state index is -0.174. The molecule has 0 radical (unpaired) electrons. The number of allylic oxidation sites excluding steroid dienone is 1. The number of aryl methyl sites for hydroxylation is 1. The monoisotopic (exact) mass is 160 g/mol. The van der Waals surface area contributed by atoms with Gasteiger partial charge in [-0.15, -0.1) is 0 Å². The number of H-pyrrole nitrogens is 1. The first-order valence-corrected chi connectivity index (χ1v) is 3.49. The minimum Gasteiger partial charge on any atom is -0.328 e. The summed E-state index contributed by atoms with van der Waals surface area (Å²) in [5, 5.41) is 8.24. The van der Waals surface area contributed by atoms with Crippen LogP contribution in [0.2, 0.25) is 0 Å². The standard InChI is InChI=1S/C9H8N2O/c1-7-5-8(3-2-4-10)9(12)11-6-7/h2-3,5-6H,1H3,(H,11,12). The van der Waals surface area contributed by atoms with Crippen molar-refractivity contribution < 1.29 is 0 Å². The van der Waals surface area contributed by atoms with Gasteiger partial charge in [0.05, 0.1) is 6.07 Å². The van der Waals surface area contributed by atoms with Crippen molar-refractivity contribution in [3.8, 4) is 6.07 Å². The Balaban J connectivity index is 3.16. The Labute approximate surface area is 70.0 Å². The first-order chi connectivity index (χ1) is 5.74. The summed E-state index contributed by atoms with van der Waals surface area (Å²) in [5.41, 5.74) is 1.30. The summed E-state index contributed by atoms with van der Waals surface area (Å²) in [6.45, 7) is 1.87. The first-order valence-electron chi connectivity index (χ1n) is 3.49. The van der Waals surface area contributed by atoms with E-state index in [0.29, 0.717) is 5.56 Å². The van der Waals surface area contributed by atoms with Crippen molar-refractivity contribution in [1.29, 1.82) is 5.26 Å². The fourth-order valence-electron chi connectivity index (χ4n) is 0.866. The quantitative estimate of drug-likeness (QED) is 0.628. The molecule has 0 aliphatic heterocycles. The van der Waals surface area contributed by atoms with E-state index in [1.165, 1.54) is 12.2 Å². The van der Waals surface area contributed by atoms with E-state index >= 15 is 0 Å². The molecule has 1 aromatic heterocycles. The summed E-state index contributed by atoms with van der Waals surface area (Å²) in [7, 11) is 0. The molecule has 12 heavy (non-hydrogen) atoms. The van der Waals surface area contributed by atoms with Gasteiger partial charge in [-0.25, -0.2) is 0 Å². The van der Waals surface area contributed by atoms with Crippen LogP contribution in [0, 0.1) is 18.3 Å². The van der Waals surface area contributed by atoms with Gasteiger partial charge in [-0.1, -0.05) is 0 Å². The molecule has 3 nitrogen and oxygen atoms in total. The highest BCUT2D eigenvalue weighted by atomic mass is 16.1. The van der Waals surface area contributed by atoms with Gasteiger partial charge in [0.25, 0.3) is 5.56 Å². The Bertz CT molecular complexity index is 396. The van der Waals surface area contributed by atoms with Crippen molar-refractivity contribution in [2.24, 2.45) is 0 Å². The van der Waals surface area contributed by atoms with Gasteiger partial charge < -0.3 is 4.98 Å². The average Bonchev–Trinajstić information content (AvgIpc) is 2.07. The highest BCUT2D eigenvalue weighted by molar-refractivity contribution is 5.51. The Kier molecular flexibility index (Phi) is 2.44. The Morgan fingerprint density at radius 3 is 3.08 bits per heavy atom. The number of nitrogens with one attached hydrogen (secondary N) is 1. The van der Waals surface area contributed by atoms with Gasteiger partial charge in [0, 0.05) is 17.8 Å². The molecular weight excluding hydrogens is 152 g/mol. The van der Waals surface area contributed by atoms with Crippen LogP contribution in [0.15, 0.2) is 23.1 Å². The molecule has 0 saturated carbocycles. The van der Waals surface area contributed by atoms with Gasteiger partial charge >= 0.3 is 0 Å². The molecule has 0 aliphatic rings. The van der Waals surface area contributed by atoms with Crippen molar-refractivity contribution in [3.63, 3.8) is 0 Å². The maximum atomic E-state index is 11.1. The van der Waals surface area contributed by atoms with Crippen LogP contribution in [0.4, 0.5) is 0 Å². The molecule has 1 heterocycles. The summed E-state index contributed by atoms with van der Waals surface area (Å²) in [6.07, 6.45) is 4.40. The second-order valence-electron chi connectivity index (χ2n) is 2.42. The average molecular weight is 160 g/mol. The molecule has 0 saturated heterocycles. The van der Waals surface area contributed by atoms with Crippen LogP contribution < -0.4 is 5.56 Å². The van der Waals surface area contributed by atoms with E-state index in [1.807, 2.05) is 13.0 Å². The molecule has 0 bridgehead atoms. The van der Waals surface area contributed by atoms with Gasteiger partial charge in [0.1, 0.15) is 0 Å². The largest absolute Gasteiger partial charge is 0.328 e. The molecule has 0 amide bonds. The predicted octanol–water partition coefficient (Wildman–Crippen LogP) is 1.22. The lowest BCUT2D eigenvalue weighted by molar-refractivity contribution is 1.19. The lowest BCUT2D eigenvalue weighted by atomic mass is 10.2. The molecule has 1 rings (SSSR count). The second-order valence-corrected chi connectivity index (χ2v) is 2.42. The smallest absolute Gasteiger partial charge is 0.255 e. The molecule has 0 spiro atoms. The van der Waals surface area contributed by atoms with Gasteiger partial charge in [-0.2, -0.15) is 5.26 Å². The van der Waals surface area contributed by atoms with E-state index in [1.54, 1.807) is 12.3 Å². The number of nitrogens with zero attached hydrogens (tertiary/aromatic N) is 1. The van der Waals surface area contributed by atoms with Gasteiger partial charge in [0.15, 0.2) is 0 Å². The Hall–Kier alpha value is -1.82. The van der Waals surface area contributed by atoms with Crippen molar-refractivity contribution >= 4 is 6.08 Å². The van der Waals surface area contributed by atoms with Gasteiger partial charge in [-0.3, -0.25) is 4.79 Å². The van der Waals surface area contributed by atoms with Crippen LogP contribution in [0.1, 0.15) is 11.1 Å². The van der Waals surface area contributed by atoms with Crippen LogP contribution in [0.5, 0.6) is 0 Å². The van der Waals surface area contributed by atoms with Crippen LogP contribution in [-0.2, 0) is 0 Å². The summed E-state index contributed by atoms with van der Waals surface area (Å²) >= 11 is 0. The molecule has 0 unspecified atom stereocenters. The minimum absolute atomic E-state index is 0.174. The number of nitriles is 1. The normalized spacial score (nSPS) is 10.0. The molecule has 0 aromatic carbocycles. The highest BCUT2D eigenvalue weighted by Gasteiger charge is 1.93. The van der Waals surface area contributed by atoms with E-state index in [0.717, 1.165) is 5.56 Å². The summed E-state index contributed by atoms with van der Waals surface area (Å²) in [5.74, 6) is 0. The zero-order valence-electron chi connectivity index (χ0n) is 6.66. The lowest BCUT2D eigenvalue weighted by Crippen LogP contribution is -2.08. The maximum absolute atomic E-state index is 11.1.